The smallest absolute Gasteiger partial charge is 0.251 e. The number of likely N-dealkylation sites (N-methyl/N-ethyl adjacent to an activating group) is 1. The number of halogens is 1. The maximum Gasteiger partial charge on any atom is 0.251 e. The van der Waals surface area contributed by atoms with Gasteiger partial charge in [-0.05, 0) is 35.4 Å². The highest BCUT2D eigenvalue weighted by molar-refractivity contribution is 5.97. The van der Waals surface area contributed by atoms with Crippen LogP contribution in [0.4, 0.5) is 4.39 Å². The van der Waals surface area contributed by atoms with E-state index in [1.54, 1.807) is 37.4 Å². The van der Waals surface area contributed by atoms with Gasteiger partial charge in [0, 0.05) is 25.6 Å². The molecule has 3 aromatic carbocycles. The van der Waals surface area contributed by atoms with E-state index in [2.05, 4.69) is 5.32 Å². The van der Waals surface area contributed by atoms with E-state index in [1.807, 2.05) is 36.4 Å². The minimum Gasteiger partial charge on any atom is -0.494 e. The molecule has 2 amide bonds. The Labute approximate surface area is 181 Å². The van der Waals surface area contributed by atoms with Crippen molar-refractivity contribution >= 4 is 11.8 Å². The lowest BCUT2D eigenvalue weighted by atomic mass is 10.0. The van der Waals surface area contributed by atoms with Crippen LogP contribution in [-0.2, 0) is 17.8 Å². The number of rotatable bonds is 8. The Morgan fingerprint density at radius 1 is 0.968 bits per heavy atom. The Balaban J connectivity index is 1.77. The van der Waals surface area contributed by atoms with Crippen LogP contribution in [0.15, 0.2) is 78.9 Å². The maximum atomic E-state index is 14.0. The Kier molecular flexibility index (Phi) is 7.38. The Morgan fingerprint density at radius 3 is 2.23 bits per heavy atom. The summed E-state index contributed by atoms with van der Waals surface area (Å²) in [5.41, 5.74) is 2.04. The third kappa shape index (κ3) is 5.92. The number of carbonyl (C=O) groups is 2. The van der Waals surface area contributed by atoms with Gasteiger partial charge in [-0.2, -0.15) is 0 Å². The van der Waals surface area contributed by atoms with Gasteiger partial charge >= 0.3 is 0 Å². The van der Waals surface area contributed by atoms with Crippen molar-refractivity contribution in [1.29, 1.82) is 0 Å². The average molecular weight is 420 g/mol. The number of carbonyl (C=O) groups excluding carboxylic acids is 2. The van der Waals surface area contributed by atoms with E-state index >= 15 is 0 Å². The Bertz CT molecular complexity index is 1030. The number of benzene rings is 3. The molecule has 0 aliphatic rings. The van der Waals surface area contributed by atoms with Gasteiger partial charge in [0.15, 0.2) is 11.6 Å². The van der Waals surface area contributed by atoms with Crippen LogP contribution >= 0.6 is 0 Å². The van der Waals surface area contributed by atoms with Crippen molar-refractivity contribution in [2.45, 2.75) is 19.0 Å². The van der Waals surface area contributed by atoms with Crippen LogP contribution in [0.1, 0.15) is 21.5 Å². The molecule has 5 nitrogen and oxygen atoms in total. The molecule has 0 fully saturated rings. The largest absolute Gasteiger partial charge is 0.494 e. The first kappa shape index (κ1) is 22.0. The third-order valence-corrected chi connectivity index (χ3v) is 4.93. The van der Waals surface area contributed by atoms with Gasteiger partial charge in [0.25, 0.3) is 5.91 Å². The van der Waals surface area contributed by atoms with Crippen LogP contribution in [0.2, 0.25) is 0 Å². The quantitative estimate of drug-likeness (QED) is 0.603. The number of nitrogens with zero attached hydrogens (tertiary/aromatic N) is 1. The predicted molar refractivity (Wildman–Crippen MR) is 117 cm³/mol. The highest BCUT2D eigenvalue weighted by atomic mass is 19.1. The molecule has 0 heterocycles. The van der Waals surface area contributed by atoms with Crippen molar-refractivity contribution < 1.29 is 18.7 Å². The van der Waals surface area contributed by atoms with E-state index in [1.165, 1.54) is 24.1 Å². The number of hydrogen-bond donors (Lipinski definition) is 1. The first-order chi connectivity index (χ1) is 15.0. The summed E-state index contributed by atoms with van der Waals surface area (Å²) in [6.45, 7) is 0.201. The summed E-state index contributed by atoms with van der Waals surface area (Å²) in [5.74, 6) is -0.919. The minimum atomic E-state index is -0.761. The summed E-state index contributed by atoms with van der Waals surface area (Å²) in [4.78, 5) is 27.4. The van der Waals surface area contributed by atoms with Crippen LogP contribution < -0.4 is 10.1 Å². The lowest BCUT2D eigenvalue weighted by Gasteiger charge is -2.25. The Hall–Kier alpha value is -3.67. The van der Waals surface area contributed by atoms with Gasteiger partial charge in [-0.1, -0.05) is 54.6 Å². The predicted octanol–water partition coefficient (Wildman–Crippen LogP) is 3.83. The Morgan fingerprint density at radius 2 is 1.61 bits per heavy atom. The minimum absolute atomic E-state index is 0.148. The van der Waals surface area contributed by atoms with Gasteiger partial charge in [0.2, 0.25) is 5.91 Å². The van der Waals surface area contributed by atoms with Crippen molar-refractivity contribution in [1.82, 2.24) is 10.2 Å². The van der Waals surface area contributed by atoms with Crippen LogP contribution in [0.25, 0.3) is 0 Å². The number of amides is 2. The van der Waals surface area contributed by atoms with Gasteiger partial charge in [0.05, 0.1) is 7.11 Å². The molecule has 6 heteroatoms. The third-order valence-electron chi connectivity index (χ3n) is 4.93. The zero-order chi connectivity index (χ0) is 22.2. The number of methoxy groups -OCH3 is 1. The van der Waals surface area contributed by atoms with E-state index in [4.69, 9.17) is 4.74 Å². The molecule has 0 bridgehead atoms. The summed E-state index contributed by atoms with van der Waals surface area (Å²) < 4.78 is 19.0. The number of nitrogens with one attached hydrogen (secondary N) is 1. The first-order valence-corrected chi connectivity index (χ1v) is 9.95. The van der Waals surface area contributed by atoms with Crippen LogP contribution in [-0.4, -0.2) is 36.9 Å². The lowest BCUT2D eigenvalue weighted by Crippen LogP contribution is -2.48. The van der Waals surface area contributed by atoms with Gasteiger partial charge < -0.3 is 15.0 Å². The van der Waals surface area contributed by atoms with E-state index < -0.39 is 11.9 Å². The monoisotopic (exact) mass is 420 g/mol. The molecule has 1 N–H and O–H groups in total. The fourth-order valence-electron chi connectivity index (χ4n) is 3.31. The molecule has 0 saturated carbocycles. The fourth-order valence-corrected chi connectivity index (χ4v) is 3.31. The normalized spacial score (nSPS) is 11.5. The zero-order valence-electron chi connectivity index (χ0n) is 17.5. The number of ether oxygens (including phenoxy) is 1. The molecule has 0 aliphatic carbocycles. The standard InChI is InChI=1S/C25H25FN2O3/c1-28(17-19-13-14-23(31-2)21(26)15-19)25(30)22(16-18-9-5-3-6-10-18)27-24(29)20-11-7-4-8-12-20/h3-15,22H,16-17H2,1-2H3,(H,27,29)/t22-/m1/s1. The van der Waals surface area contributed by atoms with E-state index in [9.17, 15) is 14.0 Å². The molecule has 1 atom stereocenters. The molecular formula is C25H25FN2O3. The summed E-state index contributed by atoms with van der Waals surface area (Å²) in [7, 11) is 3.04. The molecule has 0 saturated heterocycles. The van der Waals surface area contributed by atoms with Crippen molar-refractivity contribution in [3.05, 3.63) is 101 Å². The number of hydrogen-bond acceptors (Lipinski definition) is 3. The second kappa shape index (κ2) is 10.4. The summed E-state index contributed by atoms with van der Waals surface area (Å²) in [6.07, 6.45) is 0.347. The topological polar surface area (TPSA) is 58.6 Å². The van der Waals surface area contributed by atoms with E-state index in [-0.39, 0.29) is 24.1 Å². The highest BCUT2D eigenvalue weighted by Crippen LogP contribution is 2.19. The molecule has 3 rings (SSSR count). The van der Waals surface area contributed by atoms with Crippen molar-refractivity contribution in [3.8, 4) is 5.75 Å². The van der Waals surface area contributed by atoms with Crippen LogP contribution in [0.5, 0.6) is 5.75 Å². The lowest BCUT2D eigenvalue weighted by molar-refractivity contribution is -0.132. The second-order valence-electron chi connectivity index (χ2n) is 7.24. The van der Waals surface area contributed by atoms with Crippen LogP contribution in [0.3, 0.4) is 0 Å². The second-order valence-corrected chi connectivity index (χ2v) is 7.24. The van der Waals surface area contributed by atoms with Crippen molar-refractivity contribution in [2.24, 2.45) is 0 Å². The van der Waals surface area contributed by atoms with E-state index in [0.717, 1.165) is 5.56 Å². The molecule has 31 heavy (non-hydrogen) atoms. The molecular weight excluding hydrogens is 395 g/mol. The zero-order valence-corrected chi connectivity index (χ0v) is 17.5. The van der Waals surface area contributed by atoms with Gasteiger partial charge in [-0.15, -0.1) is 0 Å². The highest BCUT2D eigenvalue weighted by Gasteiger charge is 2.25. The van der Waals surface area contributed by atoms with Gasteiger partial charge in [-0.3, -0.25) is 9.59 Å². The first-order valence-electron chi connectivity index (χ1n) is 9.95. The summed E-state index contributed by atoms with van der Waals surface area (Å²) in [6, 6.07) is 22.1. The van der Waals surface area contributed by atoms with Crippen molar-refractivity contribution in [2.75, 3.05) is 14.2 Å². The summed E-state index contributed by atoms with van der Waals surface area (Å²) >= 11 is 0. The summed E-state index contributed by atoms with van der Waals surface area (Å²) in [5, 5.41) is 2.85. The van der Waals surface area contributed by atoms with Crippen LogP contribution in [0, 0.1) is 5.82 Å². The molecule has 160 valence electrons. The van der Waals surface area contributed by atoms with Gasteiger partial charge in [0.1, 0.15) is 6.04 Å². The molecule has 0 radical (unpaired) electrons. The fraction of sp³-hybridized carbons (Fsp3) is 0.200. The van der Waals surface area contributed by atoms with Crippen molar-refractivity contribution in [3.63, 3.8) is 0 Å². The molecule has 0 aliphatic heterocycles. The molecule has 0 aromatic heterocycles. The molecule has 3 aromatic rings. The van der Waals surface area contributed by atoms with E-state index in [0.29, 0.717) is 17.5 Å². The molecule has 0 spiro atoms. The maximum absolute atomic E-state index is 14.0. The molecule has 0 unspecified atom stereocenters. The van der Waals surface area contributed by atoms with Gasteiger partial charge in [-0.25, -0.2) is 4.39 Å². The SMILES string of the molecule is COc1ccc(CN(C)C(=O)[C@@H](Cc2ccccc2)NC(=O)c2ccccc2)cc1F. The average Bonchev–Trinajstić information content (AvgIpc) is 2.79.